The number of halogens is 1. The van der Waals surface area contributed by atoms with Crippen LogP contribution in [0.5, 0.6) is 0 Å². The SMILES string of the molecule is CCn1c(NNC(=O)C=Cc2ccc(Br)cc2)nc2ccccc2c1=O. The molecule has 0 aliphatic heterocycles. The summed E-state index contributed by atoms with van der Waals surface area (Å²) in [6, 6.07) is 14.7. The zero-order chi connectivity index (χ0) is 18.5. The van der Waals surface area contributed by atoms with Crippen LogP contribution < -0.4 is 16.4 Å². The molecule has 2 aromatic carbocycles. The van der Waals surface area contributed by atoms with E-state index in [-0.39, 0.29) is 11.5 Å². The lowest BCUT2D eigenvalue weighted by Gasteiger charge is -2.13. The molecule has 3 aromatic rings. The fourth-order valence-corrected chi connectivity index (χ4v) is 2.73. The van der Waals surface area contributed by atoms with Gasteiger partial charge in [-0.3, -0.25) is 25.0 Å². The summed E-state index contributed by atoms with van der Waals surface area (Å²) in [5.74, 6) is -0.0560. The van der Waals surface area contributed by atoms with E-state index in [1.54, 1.807) is 24.3 Å². The van der Waals surface area contributed by atoms with Crippen molar-refractivity contribution in [2.75, 3.05) is 5.43 Å². The van der Waals surface area contributed by atoms with Crippen molar-refractivity contribution in [3.8, 4) is 0 Å². The van der Waals surface area contributed by atoms with Crippen molar-refractivity contribution in [2.45, 2.75) is 13.5 Å². The molecule has 0 atom stereocenters. The molecule has 0 saturated carbocycles. The number of nitrogens with one attached hydrogen (secondary N) is 2. The molecule has 0 bridgehead atoms. The molecule has 1 aromatic heterocycles. The van der Waals surface area contributed by atoms with Crippen molar-refractivity contribution in [3.05, 3.63) is 75.0 Å². The van der Waals surface area contributed by atoms with Crippen molar-refractivity contribution in [2.24, 2.45) is 0 Å². The average Bonchev–Trinajstić information content (AvgIpc) is 2.66. The van der Waals surface area contributed by atoms with Crippen LogP contribution in [0.25, 0.3) is 17.0 Å². The van der Waals surface area contributed by atoms with Crippen LogP contribution in [0.4, 0.5) is 5.95 Å². The van der Waals surface area contributed by atoms with E-state index in [1.807, 2.05) is 37.3 Å². The first-order valence-corrected chi connectivity index (χ1v) is 8.87. The summed E-state index contributed by atoms with van der Waals surface area (Å²) >= 11 is 3.36. The van der Waals surface area contributed by atoms with Crippen molar-refractivity contribution >= 4 is 44.8 Å². The predicted molar refractivity (Wildman–Crippen MR) is 107 cm³/mol. The van der Waals surface area contributed by atoms with Gasteiger partial charge in [0.05, 0.1) is 10.9 Å². The second-order valence-electron chi connectivity index (χ2n) is 5.50. The van der Waals surface area contributed by atoms with Gasteiger partial charge >= 0.3 is 0 Å². The van der Waals surface area contributed by atoms with Crippen molar-refractivity contribution in [1.82, 2.24) is 15.0 Å². The van der Waals surface area contributed by atoms with E-state index in [0.717, 1.165) is 10.0 Å². The standard InChI is InChI=1S/C19H17BrN4O2/c1-2-24-18(26)15-5-3-4-6-16(15)21-19(24)23-22-17(25)12-9-13-7-10-14(20)11-8-13/h3-12H,2H2,1H3,(H,21,23)(H,22,25). The number of benzene rings is 2. The molecule has 0 fully saturated rings. The molecule has 0 radical (unpaired) electrons. The maximum atomic E-state index is 12.5. The van der Waals surface area contributed by atoms with Crippen LogP contribution in [0.15, 0.2) is 63.9 Å². The molecule has 6 nitrogen and oxygen atoms in total. The smallest absolute Gasteiger partial charge is 0.262 e. The van der Waals surface area contributed by atoms with Crippen LogP contribution in [0.3, 0.4) is 0 Å². The number of aromatic nitrogens is 2. The van der Waals surface area contributed by atoms with Gasteiger partial charge < -0.3 is 0 Å². The Morgan fingerprint density at radius 3 is 2.65 bits per heavy atom. The third-order valence-electron chi connectivity index (χ3n) is 3.77. The first-order valence-electron chi connectivity index (χ1n) is 8.07. The van der Waals surface area contributed by atoms with Gasteiger partial charge in [0.2, 0.25) is 5.95 Å². The quantitative estimate of drug-likeness (QED) is 0.497. The van der Waals surface area contributed by atoms with E-state index >= 15 is 0 Å². The van der Waals surface area contributed by atoms with E-state index in [9.17, 15) is 9.59 Å². The molecular formula is C19H17BrN4O2. The number of carbonyl (C=O) groups is 1. The minimum Gasteiger partial charge on any atom is -0.277 e. The lowest BCUT2D eigenvalue weighted by Crippen LogP contribution is -2.33. The predicted octanol–water partition coefficient (Wildman–Crippen LogP) is 3.34. The minimum absolute atomic E-state index is 0.153. The lowest BCUT2D eigenvalue weighted by atomic mass is 10.2. The van der Waals surface area contributed by atoms with Crippen molar-refractivity contribution in [3.63, 3.8) is 0 Å². The van der Waals surface area contributed by atoms with Crippen molar-refractivity contribution in [1.29, 1.82) is 0 Å². The molecule has 26 heavy (non-hydrogen) atoms. The maximum Gasteiger partial charge on any atom is 0.262 e. The Morgan fingerprint density at radius 1 is 1.19 bits per heavy atom. The van der Waals surface area contributed by atoms with Crippen LogP contribution in [-0.4, -0.2) is 15.5 Å². The van der Waals surface area contributed by atoms with Gasteiger partial charge in [-0.1, -0.05) is 40.2 Å². The summed E-state index contributed by atoms with van der Waals surface area (Å²) in [6.07, 6.45) is 3.11. The summed E-state index contributed by atoms with van der Waals surface area (Å²) in [4.78, 5) is 29.0. The van der Waals surface area contributed by atoms with E-state index in [4.69, 9.17) is 0 Å². The Balaban J connectivity index is 1.75. The number of rotatable bonds is 5. The normalized spacial score (nSPS) is 11.0. The number of carbonyl (C=O) groups excluding carboxylic acids is 1. The Kier molecular flexibility index (Phi) is 5.48. The van der Waals surface area contributed by atoms with Crippen LogP contribution in [0.1, 0.15) is 12.5 Å². The topological polar surface area (TPSA) is 76.0 Å². The van der Waals surface area contributed by atoms with Gasteiger partial charge in [-0.05, 0) is 42.8 Å². The van der Waals surface area contributed by atoms with E-state index in [2.05, 4.69) is 31.8 Å². The fraction of sp³-hybridized carbons (Fsp3) is 0.105. The van der Waals surface area contributed by atoms with Gasteiger partial charge in [0.1, 0.15) is 0 Å². The summed E-state index contributed by atoms with van der Waals surface area (Å²) in [5.41, 5.74) is 6.60. The van der Waals surface area contributed by atoms with Crippen LogP contribution >= 0.6 is 15.9 Å². The number of anilines is 1. The lowest BCUT2D eigenvalue weighted by molar-refractivity contribution is -0.116. The van der Waals surface area contributed by atoms with Gasteiger partial charge in [-0.2, -0.15) is 0 Å². The average molecular weight is 413 g/mol. The maximum absolute atomic E-state index is 12.5. The monoisotopic (exact) mass is 412 g/mol. The van der Waals surface area contributed by atoms with Crippen LogP contribution in [-0.2, 0) is 11.3 Å². The zero-order valence-electron chi connectivity index (χ0n) is 14.1. The van der Waals surface area contributed by atoms with Gasteiger partial charge in [0, 0.05) is 17.1 Å². The Hall–Kier alpha value is -2.93. The van der Waals surface area contributed by atoms with Crippen LogP contribution in [0.2, 0.25) is 0 Å². The third-order valence-corrected chi connectivity index (χ3v) is 4.30. The van der Waals surface area contributed by atoms with Gasteiger partial charge in [0.15, 0.2) is 0 Å². The van der Waals surface area contributed by atoms with E-state index < -0.39 is 0 Å². The molecule has 1 amide bonds. The first kappa shape index (κ1) is 17.9. The number of para-hydroxylation sites is 1. The number of hydrogen-bond acceptors (Lipinski definition) is 4. The minimum atomic E-state index is -0.349. The largest absolute Gasteiger partial charge is 0.277 e. The summed E-state index contributed by atoms with van der Waals surface area (Å²) in [6.45, 7) is 2.28. The van der Waals surface area contributed by atoms with E-state index in [1.165, 1.54) is 10.6 Å². The number of fused-ring (bicyclic) bond motifs is 1. The Morgan fingerprint density at radius 2 is 1.92 bits per heavy atom. The van der Waals surface area contributed by atoms with Gasteiger partial charge in [-0.25, -0.2) is 4.98 Å². The molecule has 0 unspecified atom stereocenters. The molecular weight excluding hydrogens is 396 g/mol. The van der Waals surface area contributed by atoms with Crippen LogP contribution in [0, 0.1) is 0 Å². The molecule has 7 heteroatoms. The second kappa shape index (κ2) is 7.97. The number of nitrogens with zero attached hydrogens (tertiary/aromatic N) is 2. The summed E-state index contributed by atoms with van der Waals surface area (Å²) in [7, 11) is 0. The zero-order valence-corrected chi connectivity index (χ0v) is 15.7. The molecule has 0 spiro atoms. The Bertz CT molecular complexity index is 1030. The van der Waals surface area contributed by atoms with Gasteiger partial charge in [-0.15, -0.1) is 0 Å². The number of amides is 1. The second-order valence-corrected chi connectivity index (χ2v) is 6.42. The van der Waals surface area contributed by atoms with E-state index in [0.29, 0.717) is 23.4 Å². The molecule has 1 heterocycles. The molecule has 0 saturated heterocycles. The highest BCUT2D eigenvalue weighted by Gasteiger charge is 2.09. The first-order chi connectivity index (χ1) is 12.6. The van der Waals surface area contributed by atoms with Crippen molar-refractivity contribution < 1.29 is 4.79 Å². The Labute approximate surface area is 158 Å². The third kappa shape index (κ3) is 4.00. The molecule has 132 valence electrons. The molecule has 0 aliphatic rings. The van der Waals surface area contributed by atoms with Gasteiger partial charge in [0.25, 0.3) is 11.5 Å². The molecule has 3 rings (SSSR count). The molecule has 2 N–H and O–H groups in total. The highest BCUT2D eigenvalue weighted by atomic mass is 79.9. The summed E-state index contributed by atoms with van der Waals surface area (Å²) in [5, 5.41) is 0.543. The number of hydrogen-bond donors (Lipinski definition) is 2. The summed E-state index contributed by atoms with van der Waals surface area (Å²) < 4.78 is 2.45. The fourth-order valence-electron chi connectivity index (χ4n) is 2.46. The highest BCUT2D eigenvalue weighted by molar-refractivity contribution is 9.10. The highest BCUT2D eigenvalue weighted by Crippen LogP contribution is 2.12. The molecule has 0 aliphatic carbocycles. The number of hydrazine groups is 1.